The van der Waals surface area contributed by atoms with Crippen LogP contribution in [0.25, 0.3) is 11.3 Å². The van der Waals surface area contributed by atoms with Crippen LogP contribution < -0.4 is 10.8 Å². The summed E-state index contributed by atoms with van der Waals surface area (Å²) in [6.07, 6.45) is 4.56. The van der Waals surface area contributed by atoms with E-state index in [0.717, 1.165) is 23.2 Å². The number of hydroxylamine groups is 1. The zero-order valence-electron chi connectivity index (χ0n) is 14.7. The summed E-state index contributed by atoms with van der Waals surface area (Å²) < 4.78 is 0. The average molecular weight is 357 g/mol. The van der Waals surface area contributed by atoms with Crippen LogP contribution in [0.2, 0.25) is 0 Å². The molecule has 138 valence electrons. The second-order valence-corrected chi connectivity index (χ2v) is 6.33. The SMILES string of the molecule is CC(=O)NCC1C=C(c2ccc(C3=CCN(C(=O)CO)CC3)cc2)NO1. The molecule has 0 radical (unpaired) electrons. The Labute approximate surface area is 152 Å². The van der Waals surface area contributed by atoms with E-state index in [4.69, 9.17) is 9.94 Å². The van der Waals surface area contributed by atoms with E-state index in [0.29, 0.717) is 19.6 Å². The molecule has 1 atom stereocenters. The maximum absolute atomic E-state index is 11.5. The summed E-state index contributed by atoms with van der Waals surface area (Å²) in [5.41, 5.74) is 7.11. The predicted molar refractivity (Wildman–Crippen MR) is 97.4 cm³/mol. The van der Waals surface area contributed by atoms with Gasteiger partial charge in [-0.2, -0.15) is 0 Å². The van der Waals surface area contributed by atoms with Crippen LogP contribution in [0, 0.1) is 0 Å². The van der Waals surface area contributed by atoms with Gasteiger partial charge in [0.05, 0.1) is 12.2 Å². The van der Waals surface area contributed by atoms with Gasteiger partial charge in [0.1, 0.15) is 12.7 Å². The molecule has 0 fully saturated rings. The Kier molecular flexibility index (Phi) is 5.70. The molecule has 0 spiro atoms. The Morgan fingerprint density at radius 3 is 2.65 bits per heavy atom. The highest BCUT2D eigenvalue weighted by molar-refractivity contribution is 5.79. The summed E-state index contributed by atoms with van der Waals surface area (Å²) in [5.74, 6) is -0.316. The van der Waals surface area contributed by atoms with Gasteiger partial charge in [-0.05, 0) is 29.2 Å². The third-order valence-corrected chi connectivity index (χ3v) is 4.49. The standard InChI is InChI=1S/C19H23N3O4/c1-13(24)20-11-17-10-18(21-26-17)16-4-2-14(3-5-16)15-6-8-22(9-7-15)19(25)12-23/h2-6,10,17,21,23H,7-9,11-12H2,1H3,(H,20,24). The second-order valence-electron chi connectivity index (χ2n) is 6.33. The number of benzene rings is 1. The molecule has 3 rings (SSSR count). The minimum Gasteiger partial charge on any atom is -0.387 e. The molecule has 1 aromatic carbocycles. The van der Waals surface area contributed by atoms with Gasteiger partial charge < -0.3 is 15.3 Å². The monoisotopic (exact) mass is 357 g/mol. The lowest BCUT2D eigenvalue weighted by Gasteiger charge is -2.26. The largest absolute Gasteiger partial charge is 0.387 e. The number of rotatable bonds is 5. The van der Waals surface area contributed by atoms with E-state index in [1.165, 1.54) is 12.5 Å². The van der Waals surface area contributed by atoms with Gasteiger partial charge >= 0.3 is 0 Å². The summed E-state index contributed by atoms with van der Waals surface area (Å²) in [4.78, 5) is 29.6. The number of hydrogen-bond donors (Lipinski definition) is 3. The summed E-state index contributed by atoms with van der Waals surface area (Å²) in [5, 5.41) is 11.7. The molecule has 26 heavy (non-hydrogen) atoms. The maximum atomic E-state index is 11.5. The lowest BCUT2D eigenvalue weighted by molar-refractivity contribution is -0.133. The molecule has 1 unspecified atom stereocenters. The third kappa shape index (κ3) is 4.30. The second kappa shape index (κ2) is 8.16. The molecule has 7 heteroatoms. The van der Waals surface area contributed by atoms with Crippen molar-refractivity contribution in [1.82, 2.24) is 15.7 Å². The van der Waals surface area contributed by atoms with Gasteiger partial charge in [-0.3, -0.25) is 19.9 Å². The molecular weight excluding hydrogens is 334 g/mol. The molecule has 0 saturated carbocycles. The van der Waals surface area contributed by atoms with Crippen molar-refractivity contribution in [1.29, 1.82) is 0 Å². The lowest BCUT2D eigenvalue weighted by Crippen LogP contribution is -2.36. The maximum Gasteiger partial charge on any atom is 0.248 e. The first kappa shape index (κ1) is 18.2. The van der Waals surface area contributed by atoms with Crippen LogP contribution in [0.1, 0.15) is 24.5 Å². The van der Waals surface area contributed by atoms with Crippen LogP contribution in [0.3, 0.4) is 0 Å². The highest BCUT2D eigenvalue weighted by atomic mass is 16.7. The van der Waals surface area contributed by atoms with Crippen LogP contribution in [0.15, 0.2) is 36.4 Å². The van der Waals surface area contributed by atoms with Crippen LogP contribution >= 0.6 is 0 Å². The number of aliphatic hydroxyl groups is 1. The Bertz CT molecular complexity index is 740. The Hall–Kier alpha value is -2.64. The van der Waals surface area contributed by atoms with E-state index < -0.39 is 6.61 Å². The van der Waals surface area contributed by atoms with Crippen molar-refractivity contribution >= 4 is 23.1 Å². The molecule has 3 N–H and O–H groups in total. The average Bonchev–Trinajstić information content (AvgIpc) is 3.15. The number of carbonyl (C=O) groups is 2. The third-order valence-electron chi connectivity index (χ3n) is 4.49. The normalized spacial score (nSPS) is 19.5. The fourth-order valence-electron chi connectivity index (χ4n) is 3.01. The van der Waals surface area contributed by atoms with E-state index in [-0.39, 0.29) is 17.9 Å². The first-order valence-corrected chi connectivity index (χ1v) is 8.63. The van der Waals surface area contributed by atoms with Gasteiger partial charge in [-0.25, -0.2) is 0 Å². The van der Waals surface area contributed by atoms with Gasteiger partial charge in [-0.15, -0.1) is 0 Å². The fourth-order valence-corrected chi connectivity index (χ4v) is 3.01. The molecule has 2 heterocycles. The number of hydrogen-bond acceptors (Lipinski definition) is 5. The molecule has 0 aromatic heterocycles. The van der Waals surface area contributed by atoms with Gasteiger partial charge in [0.15, 0.2) is 0 Å². The number of aliphatic hydroxyl groups excluding tert-OH is 1. The van der Waals surface area contributed by atoms with Crippen molar-refractivity contribution in [2.75, 3.05) is 26.2 Å². The molecule has 2 aliphatic heterocycles. The van der Waals surface area contributed by atoms with E-state index in [9.17, 15) is 9.59 Å². The van der Waals surface area contributed by atoms with Crippen LogP contribution in [-0.2, 0) is 14.4 Å². The van der Waals surface area contributed by atoms with Crippen molar-refractivity contribution in [3.05, 3.63) is 47.5 Å². The number of amides is 2. The lowest BCUT2D eigenvalue weighted by atomic mass is 9.97. The molecule has 0 bridgehead atoms. The highest BCUT2D eigenvalue weighted by Crippen LogP contribution is 2.25. The van der Waals surface area contributed by atoms with Crippen LogP contribution in [-0.4, -0.2) is 54.2 Å². The minimum absolute atomic E-state index is 0.0835. The van der Waals surface area contributed by atoms with Gasteiger partial charge in [0.2, 0.25) is 11.8 Å². The molecular formula is C19H23N3O4. The Balaban J connectivity index is 1.62. The molecule has 2 amide bonds. The van der Waals surface area contributed by atoms with Crippen LogP contribution in [0.4, 0.5) is 0 Å². The smallest absolute Gasteiger partial charge is 0.248 e. The van der Waals surface area contributed by atoms with Gasteiger partial charge in [-0.1, -0.05) is 30.3 Å². The number of nitrogens with zero attached hydrogens (tertiary/aromatic N) is 1. The van der Waals surface area contributed by atoms with Crippen molar-refractivity contribution < 1.29 is 19.5 Å². The molecule has 0 saturated heterocycles. The fraction of sp³-hybridized carbons (Fsp3) is 0.368. The highest BCUT2D eigenvalue weighted by Gasteiger charge is 2.19. The summed E-state index contributed by atoms with van der Waals surface area (Å²) in [6.45, 7) is 2.62. The van der Waals surface area contributed by atoms with Crippen molar-refractivity contribution in [3.63, 3.8) is 0 Å². The van der Waals surface area contributed by atoms with Gasteiger partial charge in [0.25, 0.3) is 0 Å². The predicted octanol–water partition coefficient (Wildman–Crippen LogP) is 0.675. The Morgan fingerprint density at radius 1 is 1.31 bits per heavy atom. The van der Waals surface area contributed by atoms with E-state index in [1.807, 2.05) is 36.4 Å². The van der Waals surface area contributed by atoms with Crippen molar-refractivity contribution in [3.8, 4) is 0 Å². The summed E-state index contributed by atoms with van der Waals surface area (Å²) >= 11 is 0. The number of carbonyl (C=O) groups excluding carboxylic acids is 2. The molecule has 2 aliphatic rings. The van der Waals surface area contributed by atoms with Crippen LogP contribution in [0.5, 0.6) is 0 Å². The first-order valence-electron chi connectivity index (χ1n) is 8.63. The van der Waals surface area contributed by atoms with Crippen molar-refractivity contribution in [2.45, 2.75) is 19.4 Å². The quantitative estimate of drug-likeness (QED) is 0.721. The molecule has 1 aromatic rings. The molecule has 0 aliphatic carbocycles. The van der Waals surface area contributed by atoms with E-state index in [1.54, 1.807) is 4.90 Å². The first-order chi connectivity index (χ1) is 12.6. The van der Waals surface area contributed by atoms with E-state index in [2.05, 4.69) is 10.8 Å². The van der Waals surface area contributed by atoms with Gasteiger partial charge in [0, 0.05) is 20.0 Å². The van der Waals surface area contributed by atoms with E-state index >= 15 is 0 Å². The van der Waals surface area contributed by atoms with Crippen molar-refractivity contribution in [2.24, 2.45) is 0 Å². The topological polar surface area (TPSA) is 90.9 Å². The molecule has 7 nitrogen and oxygen atoms in total. The zero-order valence-corrected chi connectivity index (χ0v) is 14.7. The summed E-state index contributed by atoms with van der Waals surface area (Å²) in [6, 6.07) is 8.14. The zero-order chi connectivity index (χ0) is 18.5. The number of nitrogens with one attached hydrogen (secondary N) is 2. The Morgan fingerprint density at radius 2 is 2.04 bits per heavy atom. The summed E-state index contributed by atoms with van der Waals surface area (Å²) in [7, 11) is 0. The minimum atomic E-state index is -0.440.